The zero-order chi connectivity index (χ0) is 14.4. The summed E-state index contributed by atoms with van der Waals surface area (Å²) >= 11 is 8.98. The maximum Gasteiger partial charge on any atom is 0.149 e. The van der Waals surface area contributed by atoms with Crippen LogP contribution < -0.4 is 0 Å². The van der Waals surface area contributed by atoms with Gasteiger partial charge in [-0.3, -0.25) is 0 Å². The molecule has 1 aromatic carbocycles. The third-order valence-corrected chi connectivity index (χ3v) is 5.01. The molecule has 5 heteroatoms. The fraction of sp³-hybridized carbons (Fsp3) is 0.333. The number of hydrogen-bond acceptors (Lipinski definition) is 2. The summed E-state index contributed by atoms with van der Waals surface area (Å²) in [5.41, 5.74) is 0.114. The highest BCUT2D eigenvalue weighted by atomic mass is 79.9. The maximum atomic E-state index is 14.1. The van der Waals surface area contributed by atoms with Gasteiger partial charge in [0, 0.05) is 16.0 Å². The number of benzene rings is 1. The monoisotopic (exact) mass is 358 g/mol. The van der Waals surface area contributed by atoms with Gasteiger partial charge in [0.05, 0.1) is 5.02 Å². The number of furan rings is 1. The SMILES string of the molecule is CC1CC1c1ccc(C(O)c2ccc(Br)c(Cl)c2F)o1. The van der Waals surface area contributed by atoms with Crippen LogP contribution >= 0.6 is 27.5 Å². The Morgan fingerprint density at radius 1 is 1.40 bits per heavy atom. The standard InChI is InChI=1S/C15H13BrClFO2/c1-7-6-9(7)11-4-5-12(20-11)15(19)8-2-3-10(16)13(17)14(8)18/h2-5,7,9,15,19H,6H2,1H3. The molecule has 1 N–H and O–H groups in total. The molecule has 3 unspecified atom stereocenters. The van der Waals surface area contributed by atoms with Gasteiger partial charge in [0.2, 0.25) is 0 Å². The second kappa shape index (κ2) is 5.17. The van der Waals surface area contributed by atoms with Gasteiger partial charge in [-0.1, -0.05) is 24.6 Å². The molecule has 1 aromatic heterocycles. The van der Waals surface area contributed by atoms with Crippen molar-refractivity contribution in [1.29, 1.82) is 0 Å². The molecule has 0 radical (unpaired) electrons. The van der Waals surface area contributed by atoms with Crippen molar-refractivity contribution in [2.24, 2.45) is 5.92 Å². The fourth-order valence-electron chi connectivity index (χ4n) is 2.34. The summed E-state index contributed by atoms with van der Waals surface area (Å²) in [6.45, 7) is 2.15. The first-order chi connectivity index (χ1) is 9.49. The molecule has 0 saturated heterocycles. The minimum absolute atomic E-state index is 0.0378. The summed E-state index contributed by atoms with van der Waals surface area (Å²) in [4.78, 5) is 0. The van der Waals surface area contributed by atoms with Crippen molar-refractivity contribution in [3.8, 4) is 0 Å². The van der Waals surface area contributed by atoms with Crippen molar-refractivity contribution in [1.82, 2.24) is 0 Å². The van der Waals surface area contributed by atoms with Crippen molar-refractivity contribution in [2.45, 2.75) is 25.4 Å². The molecule has 0 bridgehead atoms. The molecule has 2 aromatic rings. The molecule has 3 rings (SSSR count). The Bertz CT molecular complexity index is 655. The normalized spacial score (nSPS) is 22.9. The molecule has 1 saturated carbocycles. The Kier molecular flexibility index (Phi) is 3.65. The predicted octanol–water partition coefficient (Wildman–Crippen LogP) is 5.04. The van der Waals surface area contributed by atoms with Crippen LogP contribution in [0.25, 0.3) is 0 Å². The lowest BCUT2D eigenvalue weighted by Gasteiger charge is -2.11. The molecule has 3 atom stereocenters. The van der Waals surface area contributed by atoms with E-state index < -0.39 is 11.9 Å². The summed E-state index contributed by atoms with van der Waals surface area (Å²) in [7, 11) is 0. The van der Waals surface area contributed by atoms with Gasteiger partial charge in [0.25, 0.3) is 0 Å². The third-order valence-electron chi connectivity index (χ3n) is 3.75. The molecule has 106 valence electrons. The Labute approximate surface area is 129 Å². The zero-order valence-corrected chi connectivity index (χ0v) is 13.1. The van der Waals surface area contributed by atoms with E-state index in [0.29, 0.717) is 22.1 Å². The van der Waals surface area contributed by atoms with Gasteiger partial charge in [-0.25, -0.2) is 4.39 Å². The smallest absolute Gasteiger partial charge is 0.149 e. The van der Waals surface area contributed by atoms with Crippen LogP contribution in [-0.4, -0.2) is 5.11 Å². The third kappa shape index (κ3) is 2.41. The number of aliphatic hydroxyl groups excluding tert-OH is 1. The maximum absolute atomic E-state index is 14.1. The number of halogens is 3. The summed E-state index contributed by atoms with van der Waals surface area (Å²) in [5, 5.41) is 10.2. The molecule has 0 aliphatic heterocycles. The number of aliphatic hydroxyl groups is 1. The molecular formula is C15H13BrClFO2. The van der Waals surface area contributed by atoms with E-state index in [2.05, 4.69) is 22.9 Å². The molecule has 0 spiro atoms. The van der Waals surface area contributed by atoms with Crippen LogP contribution in [0.4, 0.5) is 4.39 Å². The van der Waals surface area contributed by atoms with E-state index in [1.54, 1.807) is 12.1 Å². The summed E-state index contributed by atoms with van der Waals surface area (Å²) in [6.07, 6.45) is -0.0509. The van der Waals surface area contributed by atoms with Gasteiger partial charge in [0.1, 0.15) is 23.4 Å². The minimum Gasteiger partial charge on any atom is -0.463 e. The van der Waals surface area contributed by atoms with Crippen molar-refractivity contribution in [2.75, 3.05) is 0 Å². The lowest BCUT2D eigenvalue weighted by Crippen LogP contribution is -2.02. The highest BCUT2D eigenvalue weighted by molar-refractivity contribution is 9.10. The topological polar surface area (TPSA) is 33.4 Å². The van der Waals surface area contributed by atoms with Gasteiger partial charge < -0.3 is 9.52 Å². The van der Waals surface area contributed by atoms with Gasteiger partial charge in [-0.05, 0) is 46.5 Å². The first-order valence-corrected chi connectivity index (χ1v) is 7.57. The summed E-state index contributed by atoms with van der Waals surface area (Å²) in [6, 6.07) is 6.65. The van der Waals surface area contributed by atoms with E-state index in [4.69, 9.17) is 16.0 Å². The molecule has 1 aliphatic rings. The summed E-state index contributed by atoms with van der Waals surface area (Å²) in [5.74, 6) is 1.61. The Balaban J connectivity index is 1.90. The van der Waals surface area contributed by atoms with Gasteiger partial charge in [0.15, 0.2) is 0 Å². The highest BCUT2D eigenvalue weighted by Gasteiger charge is 2.37. The van der Waals surface area contributed by atoms with E-state index in [9.17, 15) is 9.50 Å². The van der Waals surface area contributed by atoms with Gasteiger partial charge in [-0.15, -0.1) is 0 Å². The number of hydrogen-bond donors (Lipinski definition) is 1. The van der Waals surface area contributed by atoms with Crippen molar-refractivity contribution in [3.05, 3.63) is 56.7 Å². The quantitative estimate of drug-likeness (QED) is 0.779. The molecule has 2 nitrogen and oxygen atoms in total. The predicted molar refractivity (Wildman–Crippen MR) is 78.4 cm³/mol. The molecule has 1 heterocycles. The van der Waals surface area contributed by atoms with Crippen LogP contribution in [-0.2, 0) is 0 Å². The average molecular weight is 360 g/mol. The first kappa shape index (κ1) is 14.1. The van der Waals surface area contributed by atoms with E-state index in [-0.39, 0.29) is 10.6 Å². The van der Waals surface area contributed by atoms with E-state index in [1.807, 2.05) is 6.07 Å². The van der Waals surface area contributed by atoms with Gasteiger partial charge in [-0.2, -0.15) is 0 Å². The van der Waals surface area contributed by atoms with E-state index in [0.717, 1.165) is 12.2 Å². The van der Waals surface area contributed by atoms with Crippen molar-refractivity contribution < 1.29 is 13.9 Å². The summed E-state index contributed by atoms with van der Waals surface area (Å²) < 4.78 is 20.2. The van der Waals surface area contributed by atoms with Crippen molar-refractivity contribution >= 4 is 27.5 Å². The Hall–Kier alpha value is -0.840. The minimum atomic E-state index is -1.15. The lowest BCUT2D eigenvalue weighted by atomic mass is 10.1. The van der Waals surface area contributed by atoms with Crippen LogP contribution in [0.15, 0.2) is 33.2 Å². The van der Waals surface area contributed by atoms with Crippen LogP contribution in [0.2, 0.25) is 5.02 Å². The average Bonchev–Trinajstić information content (AvgIpc) is 2.97. The molecule has 1 aliphatic carbocycles. The highest BCUT2D eigenvalue weighted by Crippen LogP contribution is 2.48. The second-order valence-electron chi connectivity index (χ2n) is 5.23. The molecule has 0 amide bonds. The zero-order valence-electron chi connectivity index (χ0n) is 10.7. The van der Waals surface area contributed by atoms with Crippen LogP contribution in [0.1, 0.15) is 42.5 Å². The van der Waals surface area contributed by atoms with Crippen LogP contribution in [0, 0.1) is 11.7 Å². The molecule has 1 fully saturated rings. The van der Waals surface area contributed by atoms with Crippen molar-refractivity contribution in [3.63, 3.8) is 0 Å². The van der Waals surface area contributed by atoms with Crippen LogP contribution in [0.5, 0.6) is 0 Å². The second-order valence-corrected chi connectivity index (χ2v) is 6.46. The fourth-order valence-corrected chi connectivity index (χ4v) is 2.82. The van der Waals surface area contributed by atoms with E-state index >= 15 is 0 Å². The van der Waals surface area contributed by atoms with Gasteiger partial charge >= 0.3 is 0 Å². The Morgan fingerprint density at radius 3 is 2.75 bits per heavy atom. The first-order valence-electron chi connectivity index (χ1n) is 6.40. The molecule has 20 heavy (non-hydrogen) atoms. The largest absolute Gasteiger partial charge is 0.463 e. The lowest BCUT2D eigenvalue weighted by molar-refractivity contribution is 0.182. The number of rotatable bonds is 3. The van der Waals surface area contributed by atoms with E-state index in [1.165, 1.54) is 6.07 Å². The molecular weight excluding hydrogens is 347 g/mol. The van der Waals surface area contributed by atoms with Crippen LogP contribution in [0.3, 0.4) is 0 Å². The Morgan fingerprint density at radius 2 is 2.10 bits per heavy atom.